The van der Waals surface area contributed by atoms with E-state index in [4.69, 9.17) is 19.9 Å². The highest BCUT2D eigenvalue weighted by molar-refractivity contribution is 5.91. The van der Waals surface area contributed by atoms with E-state index in [0.29, 0.717) is 17.0 Å². The molecule has 0 atom stereocenters. The molecule has 0 saturated heterocycles. The second-order valence-electron chi connectivity index (χ2n) is 4.42. The lowest BCUT2D eigenvalue weighted by atomic mass is 10.2. The largest absolute Gasteiger partial charge is 0.497 e. The van der Waals surface area contributed by atoms with E-state index in [2.05, 4.69) is 0 Å². The average molecular weight is 287 g/mol. The highest BCUT2D eigenvalue weighted by Gasteiger charge is 2.10. The monoisotopic (exact) mass is 287 g/mol. The Kier molecular flexibility index (Phi) is 4.66. The number of hydrogen-bond acceptors (Lipinski definition) is 5. The summed E-state index contributed by atoms with van der Waals surface area (Å²) in [6, 6.07) is 12.1. The summed E-state index contributed by atoms with van der Waals surface area (Å²) in [4.78, 5) is 12.0. The number of nitrogen functional groups attached to an aromatic ring is 1. The molecule has 0 fully saturated rings. The topological polar surface area (TPSA) is 70.8 Å². The number of esters is 1. The number of anilines is 1. The van der Waals surface area contributed by atoms with Crippen LogP contribution in [0, 0.1) is 0 Å². The van der Waals surface area contributed by atoms with E-state index in [-0.39, 0.29) is 6.61 Å². The van der Waals surface area contributed by atoms with Crippen molar-refractivity contribution in [2.75, 3.05) is 20.0 Å². The van der Waals surface area contributed by atoms with E-state index in [0.717, 1.165) is 11.3 Å². The zero-order chi connectivity index (χ0) is 15.2. The lowest BCUT2D eigenvalue weighted by Gasteiger charge is -2.08. The molecule has 2 aromatic rings. The molecule has 110 valence electrons. The minimum atomic E-state index is -0.448. The molecule has 0 aliphatic heterocycles. The third-order valence-corrected chi connectivity index (χ3v) is 2.93. The molecule has 0 aromatic heterocycles. The molecule has 21 heavy (non-hydrogen) atoms. The van der Waals surface area contributed by atoms with Crippen LogP contribution in [0.25, 0.3) is 0 Å². The fourth-order valence-electron chi connectivity index (χ4n) is 1.81. The summed E-state index contributed by atoms with van der Waals surface area (Å²) in [6.45, 7) is 0.180. The maximum Gasteiger partial charge on any atom is 0.338 e. The van der Waals surface area contributed by atoms with Crippen LogP contribution in [-0.2, 0) is 11.3 Å². The standard InChI is InChI=1S/C16H17NO4/c1-19-14-5-3-11(4-6-14)10-21-16(18)12-7-13(17)9-15(8-12)20-2/h3-9H,10,17H2,1-2H3. The molecule has 0 aliphatic rings. The van der Waals surface area contributed by atoms with E-state index in [1.165, 1.54) is 7.11 Å². The van der Waals surface area contributed by atoms with Gasteiger partial charge in [0.25, 0.3) is 0 Å². The maximum absolute atomic E-state index is 12.0. The van der Waals surface area contributed by atoms with Crippen molar-refractivity contribution in [3.05, 3.63) is 53.6 Å². The van der Waals surface area contributed by atoms with Crippen molar-refractivity contribution in [3.8, 4) is 11.5 Å². The van der Waals surface area contributed by atoms with Crippen LogP contribution in [0.2, 0.25) is 0 Å². The van der Waals surface area contributed by atoms with Crippen molar-refractivity contribution >= 4 is 11.7 Å². The van der Waals surface area contributed by atoms with Crippen LogP contribution in [0.5, 0.6) is 11.5 Å². The lowest BCUT2D eigenvalue weighted by Crippen LogP contribution is -2.06. The summed E-state index contributed by atoms with van der Waals surface area (Å²) in [7, 11) is 3.11. The molecule has 0 amide bonds. The molecule has 0 bridgehead atoms. The summed E-state index contributed by atoms with van der Waals surface area (Å²) >= 11 is 0. The van der Waals surface area contributed by atoms with Gasteiger partial charge in [0.2, 0.25) is 0 Å². The highest BCUT2D eigenvalue weighted by Crippen LogP contribution is 2.19. The SMILES string of the molecule is COc1ccc(COC(=O)c2cc(N)cc(OC)c2)cc1. The van der Waals surface area contributed by atoms with E-state index < -0.39 is 5.97 Å². The van der Waals surface area contributed by atoms with Crippen LogP contribution in [0.4, 0.5) is 5.69 Å². The van der Waals surface area contributed by atoms with Crippen molar-refractivity contribution in [3.63, 3.8) is 0 Å². The second kappa shape index (κ2) is 6.65. The Morgan fingerprint density at radius 2 is 1.67 bits per heavy atom. The molecule has 2 N–H and O–H groups in total. The molecule has 0 aliphatic carbocycles. The zero-order valence-corrected chi connectivity index (χ0v) is 12.0. The average Bonchev–Trinajstić information content (AvgIpc) is 2.52. The molecule has 2 rings (SSSR count). The van der Waals surface area contributed by atoms with Crippen molar-refractivity contribution in [1.29, 1.82) is 0 Å². The summed E-state index contributed by atoms with van der Waals surface area (Å²) in [5.41, 5.74) is 7.40. The first-order chi connectivity index (χ1) is 10.1. The van der Waals surface area contributed by atoms with Gasteiger partial charge in [-0.05, 0) is 29.8 Å². The molecule has 0 spiro atoms. The molecular formula is C16H17NO4. The third-order valence-electron chi connectivity index (χ3n) is 2.93. The Labute approximate surface area is 123 Å². The summed E-state index contributed by atoms with van der Waals surface area (Å²) in [6.07, 6.45) is 0. The summed E-state index contributed by atoms with van der Waals surface area (Å²) in [5, 5.41) is 0. The van der Waals surface area contributed by atoms with Crippen LogP contribution in [0.3, 0.4) is 0 Å². The van der Waals surface area contributed by atoms with Crippen molar-refractivity contribution in [2.45, 2.75) is 6.61 Å². The number of hydrogen-bond donors (Lipinski definition) is 1. The smallest absolute Gasteiger partial charge is 0.338 e. The molecule has 0 heterocycles. The van der Waals surface area contributed by atoms with Gasteiger partial charge in [-0.2, -0.15) is 0 Å². The molecular weight excluding hydrogens is 270 g/mol. The van der Waals surface area contributed by atoms with Crippen LogP contribution in [0.1, 0.15) is 15.9 Å². The van der Waals surface area contributed by atoms with Crippen molar-refractivity contribution in [1.82, 2.24) is 0 Å². The molecule has 0 radical (unpaired) electrons. The third kappa shape index (κ3) is 3.89. The number of carbonyl (C=O) groups excluding carboxylic acids is 1. The van der Waals surface area contributed by atoms with E-state index in [1.807, 2.05) is 24.3 Å². The Balaban J connectivity index is 2.02. The van der Waals surface area contributed by atoms with Crippen molar-refractivity contribution < 1.29 is 19.0 Å². The quantitative estimate of drug-likeness (QED) is 0.676. The van der Waals surface area contributed by atoms with E-state index in [9.17, 15) is 4.79 Å². The number of nitrogens with two attached hydrogens (primary N) is 1. The Bertz CT molecular complexity index is 623. The molecule has 2 aromatic carbocycles. The van der Waals surface area contributed by atoms with Crippen LogP contribution in [0.15, 0.2) is 42.5 Å². The van der Waals surface area contributed by atoms with Gasteiger partial charge in [0, 0.05) is 11.8 Å². The first-order valence-corrected chi connectivity index (χ1v) is 6.37. The van der Waals surface area contributed by atoms with Crippen molar-refractivity contribution in [2.24, 2.45) is 0 Å². The molecule has 0 unspecified atom stereocenters. The summed E-state index contributed by atoms with van der Waals surface area (Å²) < 4.78 is 15.4. The fraction of sp³-hybridized carbons (Fsp3) is 0.188. The number of carbonyl (C=O) groups is 1. The number of ether oxygens (including phenoxy) is 3. The van der Waals surface area contributed by atoms with Gasteiger partial charge in [-0.25, -0.2) is 4.79 Å². The molecule has 5 heteroatoms. The predicted molar refractivity (Wildman–Crippen MR) is 79.5 cm³/mol. The Morgan fingerprint density at radius 3 is 2.29 bits per heavy atom. The number of methoxy groups -OCH3 is 2. The molecule has 5 nitrogen and oxygen atoms in total. The minimum absolute atomic E-state index is 0.180. The van der Waals surface area contributed by atoms with Gasteiger partial charge in [0.05, 0.1) is 19.8 Å². The Morgan fingerprint density at radius 1 is 1.00 bits per heavy atom. The number of rotatable bonds is 5. The van der Waals surface area contributed by atoms with Gasteiger partial charge < -0.3 is 19.9 Å². The van der Waals surface area contributed by atoms with Crippen LogP contribution in [-0.4, -0.2) is 20.2 Å². The van der Waals surface area contributed by atoms with Crippen LogP contribution < -0.4 is 15.2 Å². The maximum atomic E-state index is 12.0. The fourth-order valence-corrected chi connectivity index (χ4v) is 1.81. The van der Waals surface area contributed by atoms with Gasteiger partial charge in [0.1, 0.15) is 18.1 Å². The van der Waals surface area contributed by atoms with Gasteiger partial charge in [-0.1, -0.05) is 12.1 Å². The minimum Gasteiger partial charge on any atom is -0.497 e. The van der Waals surface area contributed by atoms with E-state index >= 15 is 0 Å². The highest BCUT2D eigenvalue weighted by atomic mass is 16.5. The second-order valence-corrected chi connectivity index (χ2v) is 4.42. The number of benzene rings is 2. The van der Waals surface area contributed by atoms with Crippen LogP contribution >= 0.6 is 0 Å². The zero-order valence-electron chi connectivity index (χ0n) is 12.0. The normalized spacial score (nSPS) is 10.0. The first-order valence-electron chi connectivity index (χ1n) is 6.37. The van der Waals surface area contributed by atoms with Gasteiger partial charge >= 0.3 is 5.97 Å². The predicted octanol–water partition coefficient (Wildman–Crippen LogP) is 2.64. The van der Waals surface area contributed by atoms with Gasteiger partial charge in [0.15, 0.2) is 0 Å². The van der Waals surface area contributed by atoms with E-state index in [1.54, 1.807) is 25.3 Å². The Hall–Kier alpha value is -2.69. The van der Waals surface area contributed by atoms with Gasteiger partial charge in [-0.3, -0.25) is 0 Å². The summed E-state index contributed by atoms with van der Waals surface area (Å²) in [5.74, 6) is 0.827. The lowest BCUT2D eigenvalue weighted by molar-refractivity contribution is 0.0472. The first kappa shape index (κ1) is 14.7. The van der Waals surface area contributed by atoms with Gasteiger partial charge in [-0.15, -0.1) is 0 Å². The molecule has 0 saturated carbocycles.